The number of amides is 1. The Labute approximate surface area is 155 Å². The van der Waals surface area contributed by atoms with E-state index < -0.39 is 0 Å². The molecule has 4 nitrogen and oxygen atoms in total. The van der Waals surface area contributed by atoms with Crippen molar-refractivity contribution in [1.82, 2.24) is 5.32 Å². The van der Waals surface area contributed by atoms with Crippen molar-refractivity contribution in [3.05, 3.63) is 59.2 Å². The number of carbonyl (C=O) groups excluding carboxylic acids is 1. The number of hydrogen-bond donors (Lipinski definition) is 1. The third kappa shape index (κ3) is 4.57. The summed E-state index contributed by atoms with van der Waals surface area (Å²) in [5.74, 6) is 1.11. The zero-order valence-electron chi connectivity index (χ0n) is 15.6. The lowest BCUT2D eigenvalue weighted by molar-refractivity contribution is -0.123. The standard InChI is InChI=1S/C22H27NO3/c1-3-25-20-10-6-7-11-21(20)26-15-22(24)23-16(2)18-13-12-17-8-4-5-9-19(17)14-18/h6-7,10-14,16H,3-5,8-9,15H2,1-2H3,(H,23,24). The summed E-state index contributed by atoms with van der Waals surface area (Å²) in [5.41, 5.74) is 4.03. The maximum Gasteiger partial charge on any atom is 0.258 e. The maximum absolute atomic E-state index is 12.3. The average molecular weight is 353 g/mol. The van der Waals surface area contributed by atoms with Gasteiger partial charge in [0, 0.05) is 0 Å². The molecule has 0 spiro atoms. The summed E-state index contributed by atoms with van der Waals surface area (Å²) in [6.45, 7) is 4.46. The molecule has 0 aromatic heterocycles. The van der Waals surface area contributed by atoms with Crippen LogP contribution in [-0.2, 0) is 17.6 Å². The summed E-state index contributed by atoms with van der Waals surface area (Å²) < 4.78 is 11.2. The maximum atomic E-state index is 12.3. The van der Waals surface area contributed by atoms with Crippen LogP contribution >= 0.6 is 0 Å². The van der Waals surface area contributed by atoms with Crippen LogP contribution in [0.15, 0.2) is 42.5 Å². The van der Waals surface area contributed by atoms with Crippen molar-refractivity contribution in [2.75, 3.05) is 13.2 Å². The van der Waals surface area contributed by atoms with E-state index in [-0.39, 0.29) is 18.6 Å². The summed E-state index contributed by atoms with van der Waals surface area (Å²) in [4.78, 5) is 12.3. The van der Waals surface area contributed by atoms with Gasteiger partial charge in [-0.25, -0.2) is 0 Å². The van der Waals surface area contributed by atoms with E-state index in [2.05, 4.69) is 23.5 Å². The van der Waals surface area contributed by atoms with Crippen LogP contribution in [0.1, 0.15) is 49.4 Å². The molecule has 4 heteroatoms. The lowest BCUT2D eigenvalue weighted by atomic mass is 9.89. The Morgan fingerprint density at radius 3 is 2.46 bits per heavy atom. The Morgan fingerprint density at radius 1 is 1.04 bits per heavy atom. The van der Waals surface area contributed by atoms with E-state index in [1.165, 1.54) is 30.4 Å². The van der Waals surface area contributed by atoms with Crippen molar-refractivity contribution in [2.24, 2.45) is 0 Å². The van der Waals surface area contributed by atoms with Gasteiger partial charge in [-0.1, -0.05) is 30.3 Å². The van der Waals surface area contributed by atoms with E-state index in [1.807, 2.05) is 38.1 Å². The lowest BCUT2D eigenvalue weighted by Gasteiger charge is -2.20. The van der Waals surface area contributed by atoms with E-state index in [0.717, 1.165) is 12.0 Å². The minimum Gasteiger partial charge on any atom is -0.490 e. The highest BCUT2D eigenvalue weighted by atomic mass is 16.5. The van der Waals surface area contributed by atoms with E-state index in [4.69, 9.17) is 9.47 Å². The molecule has 0 aliphatic heterocycles. The number of aryl methyl sites for hydroxylation is 2. The summed E-state index contributed by atoms with van der Waals surface area (Å²) in [6, 6.07) is 13.9. The van der Waals surface area contributed by atoms with Crippen molar-refractivity contribution in [3.63, 3.8) is 0 Å². The molecule has 26 heavy (non-hydrogen) atoms. The molecule has 0 bridgehead atoms. The van der Waals surface area contributed by atoms with Gasteiger partial charge in [0.2, 0.25) is 0 Å². The summed E-state index contributed by atoms with van der Waals surface area (Å²) in [5, 5.41) is 3.02. The minimum absolute atomic E-state index is 0.0284. The third-order valence-corrected chi connectivity index (χ3v) is 4.76. The molecule has 1 atom stereocenters. The average Bonchev–Trinajstić information content (AvgIpc) is 2.67. The zero-order valence-corrected chi connectivity index (χ0v) is 15.6. The number of para-hydroxylation sites is 2. The molecule has 1 amide bonds. The van der Waals surface area contributed by atoms with Crippen LogP contribution in [0.25, 0.3) is 0 Å². The van der Waals surface area contributed by atoms with Gasteiger partial charge in [0.15, 0.2) is 18.1 Å². The normalized spacial score (nSPS) is 14.2. The quantitative estimate of drug-likeness (QED) is 0.811. The van der Waals surface area contributed by atoms with Gasteiger partial charge in [-0.3, -0.25) is 4.79 Å². The third-order valence-electron chi connectivity index (χ3n) is 4.76. The monoisotopic (exact) mass is 353 g/mol. The summed E-state index contributed by atoms with van der Waals surface area (Å²) in [7, 11) is 0. The highest BCUT2D eigenvalue weighted by Crippen LogP contribution is 2.27. The molecule has 0 saturated carbocycles. The predicted octanol–water partition coefficient (Wildman–Crippen LogP) is 4.22. The molecule has 2 aromatic rings. The first-order valence-corrected chi connectivity index (χ1v) is 9.43. The van der Waals surface area contributed by atoms with Gasteiger partial charge in [-0.2, -0.15) is 0 Å². The molecule has 0 radical (unpaired) electrons. The number of hydrogen-bond acceptors (Lipinski definition) is 3. The van der Waals surface area contributed by atoms with Crippen molar-refractivity contribution in [1.29, 1.82) is 0 Å². The number of benzene rings is 2. The molecule has 0 fully saturated rings. The number of ether oxygens (including phenoxy) is 2. The largest absolute Gasteiger partial charge is 0.490 e. The Bertz CT molecular complexity index is 757. The molecule has 1 aliphatic carbocycles. The molecule has 1 N–H and O–H groups in total. The Balaban J connectivity index is 1.56. The first kappa shape index (κ1) is 18.3. The van der Waals surface area contributed by atoms with Gasteiger partial charge in [0.25, 0.3) is 5.91 Å². The zero-order chi connectivity index (χ0) is 18.4. The fourth-order valence-corrected chi connectivity index (χ4v) is 3.38. The molecule has 0 saturated heterocycles. The lowest BCUT2D eigenvalue weighted by Crippen LogP contribution is -2.31. The Morgan fingerprint density at radius 2 is 1.73 bits per heavy atom. The second-order valence-corrected chi connectivity index (χ2v) is 6.69. The van der Waals surface area contributed by atoms with Gasteiger partial charge >= 0.3 is 0 Å². The number of nitrogens with one attached hydrogen (secondary N) is 1. The van der Waals surface area contributed by atoms with Crippen LogP contribution in [0, 0.1) is 0 Å². The smallest absolute Gasteiger partial charge is 0.258 e. The van der Waals surface area contributed by atoms with Crippen molar-refractivity contribution < 1.29 is 14.3 Å². The SMILES string of the molecule is CCOc1ccccc1OCC(=O)NC(C)c1ccc2c(c1)CCCC2. The predicted molar refractivity (Wildman–Crippen MR) is 103 cm³/mol. The molecular formula is C22H27NO3. The van der Waals surface area contributed by atoms with E-state index in [1.54, 1.807) is 0 Å². The van der Waals surface area contributed by atoms with Crippen LogP contribution in [-0.4, -0.2) is 19.1 Å². The topological polar surface area (TPSA) is 47.6 Å². The van der Waals surface area contributed by atoms with Crippen molar-refractivity contribution >= 4 is 5.91 Å². The first-order chi connectivity index (χ1) is 12.7. The van der Waals surface area contributed by atoms with Gasteiger partial charge in [0.05, 0.1) is 12.6 Å². The second kappa shape index (κ2) is 8.75. The van der Waals surface area contributed by atoms with E-state index in [9.17, 15) is 4.79 Å². The molecular weight excluding hydrogens is 326 g/mol. The number of rotatable bonds is 7. The fraction of sp³-hybridized carbons (Fsp3) is 0.409. The van der Waals surface area contributed by atoms with E-state index >= 15 is 0 Å². The van der Waals surface area contributed by atoms with Gasteiger partial charge in [0.1, 0.15) is 0 Å². The van der Waals surface area contributed by atoms with Gasteiger partial charge in [-0.05, 0) is 68.4 Å². The fourth-order valence-electron chi connectivity index (χ4n) is 3.38. The van der Waals surface area contributed by atoms with E-state index in [0.29, 0.717) is 18.1 Å². The Kier molecular flexibility index (Phi) is 6.16. The number of carbonyl (C=O) groups is 1. The van der Waals surface area contributed by atoms with Crippen molar-refractivity contribution in [3.8, 4) is 11.5 Å². The molecule has 3 rings (SSSR count). The van der Waals surface area contributed by atoms with Crippen LogP contribution < -0.4 is 14.8 Å². The van der Waals surface area contributed by atoms with Crippen LogP contribution in [0.3, 0.4) is 0 Å². The van der Waals surface area contributed by atoms with Crippen molar-refractivity contribution in [2.45, 2.75) is 45.6 Å². The van der Waals surface area contributed by atoms with Crippen LogP contribution in [0.4, 0.5) is 0 Å². The first-order valence-electron chi connectivity index (χ1n) is 9.43. The molecule has 2 aromatic carbocycles. The second-order valence-electron chi connectivity index (χ2n) is 6.69. The van der Waals surface area contributed by atoms with Crippen LogP contribution in [0.5, 0.6) is 11.5 Å². The number of fused-ring (bicyclic) bond motifs is 1. The summed E-state index contributed by atoms with van der Waals surface area (Å²) in [6.07, 6.45) is 4.84. The molecule has 138 valence electrons. The minimum atomic E-state index is -0.137. The molecule has 0 heterocycles. The molecule has 1 aliphatic rings. The Hall–Kier alpha value is -2.49. The summed E-state index contributed by atoms with van der Waals surface area (Å²) >= 11 is 0. The van der Waals surface area contributed by atoms with Crippen LogP contribution in [0.2, 0.25) is 0 Å². The van der Waals surface area contributed by atoms with Gasteiger partial charge in [-0.15, -0.1) is 0 Å². The molecule has 1 unspecified atom stereocenters. The van der Waals surface area contributed by atoms with Gasteiger partial charge < -0.3 is 14.8 Å². The highest BCUT2D eigenvalue weighted by molar-refractivity contribution is 5.78. The highest BCUT2D eigenvalue weighted by Gasteiger charge is 2.15.